The van der Waals surface area contributed by atoms with Gasteiger partial charge in [0.1, 0.15) is 5.78 Å². The zero-order valence-electron chi connectivity index (χ0n) is 9.80. The smallest absolute Gasteiger partial charge is 0.328 e. The summed E-state index contributed by atoms with van der Waals surface area (Å²) in [7, 11) is 3.05. The molecule has 0 aliphatic heterocycles. The van der Waals surface area contributed by atoms with Crippen molar-refractivity contribution in [2.75, 3.05) is 0 Å². The number of fused-ring (bicyclic) bond motifs is 1. The van der Waals surface area contributed by atoms with Gasteiger partial charge in [-0.25, -0.2) is 9.78 Å². The molecule has 2 aromatic rings. The summed E-state index contributed by atoms with van der Waals surface area (Å²) in [5, 5.41) is 0. The van der Waals surface area contributed by atoms with E-state index in [0.717, 1.165) is 4.57 Å². The molecule has 7 heteroatoms. The summed E-state index contributed by atoms with van der Waals surface area (Å²) in [4.78, 5) is 38.9. The molecule has 0 saturated carbocycles. The van der Waals surface area contributed by atoms with E-state index in [0.29, 0.717) is 5.52 Å². The first-order chi connectivity index (χ1) is 7.93. The van der Waals surface area contributed by atoms with Crippen LogP contribution in [-0.2, 0) is 25.4 Å². The first kappa shape index (κ1) is 11.3. The molecule has 0 aromatic carbocycles. The number of aryl methyl sites for hydroxylation is 1. The van der Waals surface area contributed by atoms with E-state index in [4.69, 9.17) is 0 Å². The van der Waals surface area contributed by atoms with E-state index in [-0.39, 0.29) is 18.0 Å². The van der Waals surface area contributed by atoms with Crippen molar-refractivity contribution in [3.05, 3.63) is 27.2 Å². The molecule has 0 aliphatic carbocycles. The lowest BCUT2D eigenvalue weighted by molar-refractivity contribution is -0.117. The largest absolute Gasteiger partial charge is 0.332 e. The molecule has 0 unspecified atom stereocenters. The van der Waals surface area contributed by atoms with Gasteiger partial charge in [-0.3, -0.25) is 18.7 Å². The molecule has 2 heterocycles. The van der Waals surface area contributed by atoms with E-state index in [1.54, 1.807) is 7.05 Å². The van der Waals surface area contributed by atoms with E-state index in [9.17, 15) is 14.4 Å². The summed E-state index contributed by atoms with van der Waals surface area (Å²) in [5.41, 5.74) is -0.384. The second-order valence-electron chi connectivity index (χ2n) is 3.96. The molecule has 2 rings (SSSR count). The van der Waals surface area contributed by atoms with Gasteiger partial charge in [0.25, 0.3) is 5.56 Å². The van der Waals surface area contributed by atoms with Gasteiger partial charge < -0.3 is 4.57 Å². The van der Waals surface area contributed by atoms with E-state index < -0.39 is 11.2 Å². The van der Waals surface area contributed by atoms with Crippen LogP contribution < -0.4 is 11.2 Å². The van der Waals surface area contributed by atoms with Crippen LogP contribution in [0.3, 0.4) is 0 Å². The minimum absolute atomic E-state index is 0.0829. The van der Waals surface area contributed by atoms with Crippen LogP contribution in [0, 0.1) is 0 Å². The van der Waals surface area contributed by atoms with Crippen LogP contribution in [0.1, 0.15) is 6.92 Å². The predicted molar refractivity (Wildman–Crippen MR) is 60.9 cm³/mol. The molecule has 0 saturated heterocycles. The Morgan fingerprint density at radius 3 is 2.59 bits per heavy atom. The third-order valence-corrected chi connectivity index (χ3v) is 2.58. The van der Waals surface area contributed by atoms with Crippen molar-refractivity contribution in [1.82, 2.24) is 18.7 Å². The van der Waals surface area contributed by atoms with Crippen LogP contribution in [0.5, 0.6) is 0 Å². The zero-order valence-corrected chi connectivity index (χ0v) is 9.80. The number of rotatable bonds is 2. The standard InChI is InChI=1S/C10H12N4O3/c1-6(15)4-14-8-7(12(2)5-11-8)9(16)13(3)10(14)17/h5H,4H2,1-3H3. The molecule has 0 radical (unpaired) electrons. The Hall–Kier alpha value is -2.18. The van der Waals surface area contributed by atoms with Crippen LogP contribution in [-0.4, -0.2) is 24.5 Å². The van der Waals surface area contributed by atoms with Crippen LogP contribution in [0.15, 0.2) is 15.9 Å². The molecule has 0 N–H and O–H groups in total. The molecule has 7 nitrogen and oxygen atoms in total. The van der Waals surface area contributed by atoms with Crippen molar-refractivity contribution in [3.63, 3.8) is 0 Å². The summed E-state index contributed by atoms with van der Waals surface area (Å²) < 4.78 is 3.72. The van der Waals surface area contributed by atoms with E-state index in [1.807, 2.05) is 0 Å². The molecule has 17 heavy (non-hydrogen) atoms. The lowest BCUT2D eigenvalue weighted by Gasteiger charge is -2.06. The maximum Gasteiger partial charge on any atom is 0.332 e. The van der Waals surface area contributed by atoms with E-state index in [1.165, 1.54) is 29.4 Å². The lowest BCUT2D eigenvalue weighted by Crippen LogP contribution is -2.39. The molecular formula is C10H12N4O3. The van der Waals surface area contributed by atoms with Gasteiger partial charge in [-0.15, -0.1) is 0 Å². The van der Waals surface area contributed by atoms with Crippen molar-refractivity contribution < 1.29 is 4.79 Å². The number of imidazole rings is 1. The average molecular weight is 236 g/mol. The highest BCUT2D eigenvalue weighted by molar-refractivity contribution is 5.78. The number of carbonyl (C=O) groups is 1. The molecule has 0 bridgehead atoms. The van der Waals surface area contributed by atoms with Crippen molar-refractivity contribution in [1.29, 1.82) is 0 Å². The predicted octanol–water partition coefficient (Wildman–Crippen LogP) is -0.977. The van der Waals surface area contributed by atoms with Crippen molar-refractivity contribution >= 4 is 16.9 Å². The van der Waals surface area contributed by atoms with Crippen molar-refractivity contribution in [2.45, 2.75) is 13.5 Å². The second kappa shape index (κ2) is 3.69. The number of hydrogen-bond donors (Lipinski definition) is 0. The van der Waals surface area contributed by atoms with Crippen LogP contribution in [0.25, 0.3) is 11.2 Å². The fourth-order valence-electron chi connectivity index (χ4n) is 1.74. The summed E-state index contributed by atoms with van der Waals surface area (Å²) in [6, 6.07) is 0. The Labute approximate surface area is 95.9 Å². The van der Waals surface area contributed by atoms with Gasteiger partial charge in [-0.1, -0.05) is 0 Å². The SMILES string of the molecule is CC(=O)Cn1c(=O)n(C)c(=O)c2c1ncn2C. The fraction of sp³-hybridized carbons (Fsp3) is 0.400. The monoisotopic (exact) mass is 236 g/mol. The minimum Gasteiger partial charge on any atom is -0.328 e. The maximum atomic E-state index is 11.9. The Bertz CT molecular complexity index is 719. The molecular weight excluding hydrogens is 224 g/mol. The molecule has 0 amide bonds. The van der Waals surface area contributed by atoms with Gasteiger partial charge >= 0.3 is 5.69 Å². The highest BCUT2D eigenvalue weighted by Crippen LogP contribution is 2.04. The third-order valence-electron chi connectivity index (χ3n) is 2.58. The Morgan fingerprint density at radius 2 is 2.00 bits per heavy atom. The fourth-order valence-corrected chi connectivity index (χ4v) is 1.74. The first-order valence-electron chi connectivity index (χ1n) is 5.03. The van der Waals surface area contributed by atoms with Crippen molar-refractivity contribution in [3.8, 4) is 0 Å². The number of nitrogens with zero attached hydrogens (tertiary/aromatic N) is 4. The van der Waals surface area contributed by atoms with Gasteiger partial charge in [0.15, 0.2) is 11.2 Å². The minimum atomic E-state index is -0.531. The average Bonchev–Trinajstić information content (AvgIpc) is 2.63. The number of ketones is 1. The number of Topliss-reactive ketones (excluding diaryl/α,β-unsaturated/α-hetero) is 1. The second-order valence-corrected chi connectivity index (χ2v) is 3.96. The molecule has 0 atom stereocenters. The normalized spacial score (nSPS) is 11.0. The topological polar surface area (TPSA) is 78.9 Å². The zero-order chi connectivity index (χ0) is 12.7. The van der Waals surface area contributed by atoms with Gasteiger partial charge in [0.2, 0.25) is 0 Å². The summed E-state index contributed by atoms with van der Waals surface area (Å²) >= 11 is 0. The summed E-state index contributed by atoms with van der Waals surface area (Å²) in [5.74, 6) is -0.169. The molecule has 0 aliphatic rings. The van der Waals surface area contributed by atoms with E-state index in [2.05, 4.69) is 4.98 Å². The molecule has 0 fully saturated rings. The first-order valence-corrected chi connectivity index (χ1v) is 5.03. The van der Waals surface area contributed by atoms with Crippen LogP contribution in [0.4, 0.5) is 0 Å². The van der Waals surface area contributed by atoms with Gasteiger partial charge in [0, 0.05) is 14.1 Å². The Balaban J connectivity index is 2.97. The maximum absolute atomic E-state index is 11.9. The molecule has 2 aromatic heterocycles. The Morgan fingerprint density at radius 1 is 1.35 bits per heavy atom. The molecule has 90 valence electrons. The van der Waals surface area contributed by atoms with Gasteiger partial charge in [-0.05, 0) is 6.92 Å². The van der Waals surface area contributed by atoms with Gasteiger partial charge in [0.05, 0.1) is 12.9 Å². The van der Waals surface area contributed by atoms with Crippen LogP contribution >= 0.6 is 0 Å². The lowest BCUT2D eigenvalue weighted by atomic mass is 10.4. The summed E-state index contributed by atoms with van der Waals surface area (Å²) in [6.45, 7) is 1.30. The van der Waals surface area contributed by atoms with Crippen molar-refractivity contribution in [2.24, 2.45) is 14.1 Å². The number of hydrogen-bond acceptors (Lipinski definition) is 4. The summed E-state index contributed by atoms with van der Waals surface area (Å²) in [6.07, 6.45) is 1.45. The quantitative estimate of drug-likeness (QED) is 0.671. The van der Waals surface area contributed by atoms with Gasteiger partial charge in [-0.2, -0.15) is 0 Å². The Kier molecular flexibility index (Phi) is 2.45. The highest BCUT2D eigenvalue weighted by atomic mass is 16.2. The third kappa shape index (κ3) is 1.59. The molecule has 0 spiro atoms. The number of aromatic nitrogens is 4. The highest BCUT2D eigenvalue weighted by Gasteiger charge is 2.15. The number of carbonyl (C=O) groups excluding carboxylic acids is 1. The van der Waals surface area contributed by atoms with Crippen LogP contribution in [0.2, 0.25) is 0 Å². The van der Waals surface area contributed by atoms with E-state index >= 15 is 0 Å².